The molecule has 0 aliphatic carbocycles. The first-order chi connectivity index (χ1) is 8.27. The van der Waals surface area contributed by atoms with Gasteiger partial charge < -0.3 is 16.0 Å². The van der Waals surface area contributed by atoms with Crippen molar-refractivity contribution < 1.29 is 0 Å². The molecule has 0 bridgehead atoms. The van der Waals surface area contributed by atoms with E-state index in [1.54, 1.807) is 12.4 Å². The van der Waals surface area contributed by atoms with Gasteiger partial charge in [0.1, 0.15) is 0 Å². The Balaban J connectivity index is 1.74. The lowest BCUT2D eigenvalue weighted by Crippen LogP contribution is -2.22. The van der Waals surface area contributed by atoms with Crippen LogP contribution in [-0.2, 0) is 0 Å². The third-order valence-corrected chi connectivity index (χ3v) is 3.68. The van der Waals surface area contributed by atoms with Crippen LogP contribution < -0.4 is 11.1 Å². The van der Waals surface area contributed by atoms with Crippen LogP contribution in [0, 0.1) is 0 Å². The lowest BCUT2D eigenvalue weighted by Gasteiger charge is -2.15. The van der Waals surface area contributed by atoms with Gasteiger partial charge in [-0.3, -0.25) is 4.98 Å². The molecule has 5 heteroatoms. The standard InChI is InChI=1S/C12H19BrN4/c13-10-8-15-9-11(14)12(10)16-4-3-7-17-5-1-2-6-17/h8-9H,1-7,14H2,(H,15,16). The minimum absolute atomic E-state index is 0.695. The van der Waals surface area contributed by atoms with Crippen molar-refractivity contribution >= 4 is 27.3 Å². The van der Waals surface area contributed by atoms with Crippen LogP contribution in [0.1, 0.15) is 19.3 Å². The molecular formula is C12H19BrN4. The van der Waals surface area contributed by atoms with E-state index in [0.29, 0.717) is 5.69 Å². The minimum atomic E-state index is 0.695. The van der Waals surface area contributed by atoms with Crippen LogP contribution >= 0.6 is 15.9 Å². The highest BCUT2D eigenvalue weighted by atomic mass is 79.9. The molecule has 0 unspecified atom stereocenters. The van der Waals surface area contributed by atoms with Crippen molar-refractivity contribution in [2.75, 3.05) is 37.2 Å². The van der Waals surface area contributed by atoms with E-state index < -0.39 is 0 Å². The fourth-order valence-corrected chi connectivity index (χ4v) is 2.65. The number of aromatic nitrogens is 1. The Hall–Kier alpha value is -0.810. The lowest BCUT2D eigenvalue weighted by molar-refractivity contribution is 0.337. The van der Waals surface area contributed by atoms with Gasteiger partial charge in [-0.15, -0.1) is 0 Å². The summed E-state index contributed by atoms with van der Waals surface area (Å²) in [5.41, 5.74) is 7.51. The van der Waals surface area contributed by atoms with Gasteiger partial charge in [-0.05, 0) is 54.8 Å². The lowest BCUT2D eigenvalue weighted by atomic mass is 10.3. The first kappa shape index (κ1) is 12.6. The number of likely N-dealkylation sites (tertiary alicyclic amines) is 1. The van der Waals surface area contributed by atoms with E-state index in [9.17, 15) is 0 Å². The number of hydrogen-bond donors (Lipinski definition) is 2. The highest BCUT2D eigenvalue weighted by Crippen LogP contribution is 2.26. The zero-order valence-corrected chi connectivity index (χ0v) is 11.5. The van der Waals surface area contributed by atoms with Crippen LogP contribution in [0.4, 0.5) is 11.4 Å². The second-order valence-corrected chi connectivity index (χ2v) is 5.27. The van der Waals surface area contributed by atoms with Crippen molar-refractivity contribution in [1.82, 2.24) is 9.88 Å². The molecule has 3 N–H and O–H groups in total. The third-order valence-electron chi connectivity index (χ3n) is 3.08. The quantitative estimate of drug-likeness (QED) is 0.819. The monoisotopic (exact) mass is 298 g/mol. The van der Waals surface area contributed by atoms with Crippen molar-refractivity contribution in [3.05, 3.63) is 16.9 Å². The maximum absolute atomic E-state index is 5.86. The number of hydrogen-bond acceptors (Lipinski definition) is 4. The summed E-state index contributed by atoms with van der Waals surface area (Å²) in [7, 11) is 0. The van der Waals surface area contributed by atoms with Gasteiger partial charge in [0.2, 0.25) is 0 Å². The van der Waals surface area contributed by atoms with Crippen LogP contribution in [0.25, 0.3) is 0 Å². The van der Waals surface area contributed by atoms with Crippen LogP contribution in [0.3, 0.4) is 0 Å². The second-order valence-electron chi connectivity index (χ2n) is 4.41. The molecule has 17 heavy (non-hydrogen) atoms. The Bertz CT molecular complexity index is 343. The van der Waals surface area contributed by atoms with Gasteiger partial charge in [0.15, 0.2) is 0 Å². The first-order valence-electron chi connectivity index (χ1n) is 6.12. The van der Waals surface area contributed by atoms with Crippen molar-refractivity contribution in [2.24, 2.45) is 0 Å². The minimum Gasteiger partial charge on any atom is -0.396 e. The molecule has 1 fully saturated rings. The summed E-state index contributed by atoms with van der Waals surface area (Å²) in [5.74, 6) is 0. The number of nitrogen functional groups attached to an aromatic ring is 1. The molecule has 0 saturated carbocycles. The van der Waals surface area contributed by atoms with E-state index in [2.05, 4.69) is 31.1 Å². The fourth-order valence-electron chi connectivity index (χ4n) is 2.16. The molecule has 1 aliphatic rings. The highest BCUT2D eigenvalue weighted by molar-refractivity contribution is 9.10. The van der Waals surface area contributed by atoms with Crippen molar-refractivity contribution in [2.45, 2.75) is 19.3 Å². The zero-order chi connectivity index (χ0) is 12.1. The predicted molar refractivity (Wildman–Crippen MR) is 75.1 cm³/mol. The van der Waals surface area contributed by atoms with Gasteiger partial charge >= 0.3 is 0 Å². The molecule has 0 atom stereocenters. The van der Waals surface area contributed by atoms with Crippen molar-refractivity contribution in [3.63, 3.8) is 0 Å². The first-order valence-corrected chi connectivity index (χ1v) is 6.92. The maximum atomic E-state index is 5.86. The maximum Gasteiger partial charge on any atom is 0.0750 e. The topological polar surface area (TPSA) is 54.2 Å². The van der Waals surface area contributed by atoms with Gasteiger partial charge in [0.25, 0.3) is 0 Å². The van der Waals surface area contributed by atoms with Gasteiger partial charge in [-0.25, -0.2) is 0 Å². The molecule has 4 nitrogen and oxygen atoms in total. The van der Waals surface area contributed by atoms with Gasteiger partial charge in [-0.2, -0.15) is 0 Å². The van der Waals surface area contributed by atoms with Crippen molar-refractivity contribution in [1.29, 1.82) is 0 Å². The summed E-state index contributed by atoms with van der Waals surface area (Å²) in [6.07, 6.45) is 7.30. The predicted octanol–water partition coefficient (Wildman–Crippen LogP) is 2.32. The van der Waals surface area contributed by atoms with E-state index in [1.807, 2.05) is 0 Å². The molecule has 2 heterocycles. The highest BCUT2D eigenvalue weighted by Gasteiger charge is 2.10. The summed E-state index contributed by atoms with van der Waals surface area (Å²) in [6.45, 7) is 4.65. The van der Waals surface area contributed by atoms with Gasteiger partial charge in [-0.1, -0.05) is 0 Å². The third kappa shape index (κ3) is 3.57. The summed E-state index contributed by atoms with van der Waals surface area (Å²) in [4.78, 5) is 6.54. The molecule has 1 saturated heterocycles. The largest absolute Gasteiger partial charge is 0.396 e. The Morgan fingerprint density at radius 3 is 2.82 bits per heavy atom. The molecule has 0 amide bonds. The Labute approximate surface area is 111 Å². The molecular weight excluding hydrogens is 280 g/mol. The molecule has 1 aliphatic heterocycles. The second kappa shape index (κ2) is 6.21. The number of nitrogens with zero attached hydrogens (tertiary/aromatic N) is 2. The van der Waals surface area contributed by atoms with E-state index in [4.69, 9.17) is 5.73 Å². The van der Waals surface area contributed by atoms with E-state index >= 15 is 0 Å². The van der Waals surface area contributed by atoms with E-state index in [0.717, 1.165) is 23.1 Å². The van der Waals surface area contributed by atoms with E-state index in [-0.39, 0.29) is 0 Å². The summed E-state index contributed by atoms with van der Waals surface area (Å²) in [5, 5.41) is 3.37. The normalized spacial score (nSPS) is 16.3. The van der Waals surface area contributed by atoms with Crippen LogP contribution in [0.15, 0.2) is 16.9 Å². The fraction of sp³-hybridized carbons (Fsp3) is 0.583. The number of nitrogens with two attached hydrogens (primary N) is 1. The smallest absolute Gasteiger partial charge is 0.0750 e. The number of halogens is 1. The Morgan fingerprint density at radius 2 is 2.12 bits per heavy atom. The molecule has 0 radical (unpaired) electrons. The number of anilines is 2. The van der Waals surface area contributed by atoms with E-state index in [1.165, 1.54) is 32.5 Å². The van der Waals surface area contributed by atoms with Crippen LogP contribution in [0.5, 0.6) is 0 Å². The molecule has 0 aromatic carbocycles. The SMILES string of the molecule is Nc1cncc(Br)c1NCCCN1CCCC1. The zero-order valence-electron chi connectivity index (χ0n) is 9.95. The van der Waals surface area contributed by atoms with Gasteiger partial charge in [0.05, 0.1) is 22.0 Å². The summed E-state index contributed by atoms with van der Waals surface area (Å²) in [6, 6.07) is 0. The Kier molecular flexibility index (Phi) is 4.62. The Morgan fingerprint density at radius 1 is 1.35 bits per heavy atom. The summed E-state index contributed by atoms with van der Waals surface area (Å²) >= 11 is 3.45. The molecule has 0 spiro atoms. The molecule has 94 valence electrons. The number of nitrogens with one attached hydrogen (secondary N) is 1. The van der Waals surface area contributed by atoms with Crippen LogP contribution in [0.2, 0.25) is 0 Å². The molecule has 1 aromatic rings. The number of rotatable bonds is 5. The van der Waals surface area contributed by atoms with Crippen molar-refractivity contribution in [3.8, 4) is 0 Å². The average Bonchev–Trinajstić information content (AvgIpc) is 2.80. The van der Waals surface area contributed by atoms with Crippen LogP contribution in [-0.4, -0.2) is 36.1 Å². The molecule has 1 aromatic heterocycles. The summed E-state index contributed by atoms with van der Waals surface area (Å²) < 4.78 is 0.929. The average molecular weight is 299 g/mol. The molecule has 2 rings (SSSR count). The number of pyridine rings is 1. The van der Waals surface area contributed by atoms with Gasteiger partial charge in [0, 0.05) is 12.7 Å².